The smallest absolute Gasteiger partial charge is 0.128 e. The average Bonchev–Trinajstić information content (AvgIpc) is 2.52. The highest BCUT2D eigenvalue weighted by molar-refractivity contribution is 6.65. The second-order valence-electron chi connectivity index (χ2n) is 2.83. The zero-order valence-corrected chi connectivity index (χ0v) is 8.39. The first kappa shape index (κ1) is 8.85. The lowest BCUT2D eigenvalue weighted by Crippen LogP contribution is -2.11. The van der Waals surface area contributed by atoms with Crippen molar-refractivity contribution in [3.63, 3.8) is 0 Å². The number of hydrazone groups is 1. The third kappa shape index (κ3) is 1.95. The molecule has 0 saturated heterocycles. The van der Waals surface area contributed by atoms with Gasteiger partial charge in [0, 0.05) is 18.0 Å². The molecule has 1 heterocycles. The Morgan fingerprint density at radius 1 is 1.31 bits per heavy atom. The van der Waals surface area contributed by atoms with Crippen molar-refractivity contribution in [3.05, 3.63) is 29.3 Å². The Morgan fingerprint density at radius 2 is 2.15 bits per heavy atom. The first-order valence-electron chi connectivity index (χ1n) is 4.02. The highest BCUT2D eigenvalue weighted by Gasteiger charge is 2.13. The maximum atomic E-state index is 5.85. The molecule has 0 spiro atoms. The molecule has 0 bridgehead atoms. The topological polar surface area (TPSA) is 15.6 Å². The van der Waals surface area contributed by atoms with Crippen molar-refractivity contribution in [1.82, 2.24) is 0 Å². The molecule has 0 atom stereocenters. The van der Waals surface area contributed by atoms with E-state index in [0.29, 0.717) is 5.17 Å². The molecule has 13 heavy (non-hydrogen) atoms. The number of nitrogens with zero attached hydrogens (tertiary/aromatic N) is 2. The Bertz CT molecular complexity index is 349. The fourth-order valence-corrected chi connectivity index (χ4v) is 1.61. The fourth-order valence-electron chi connectivity index (χ4n) is 1.25. The predicted molar refractivity (Wildman–Crippen MR) is 56.7 cm³/mol. The van der Waals surface area contributed by atoms with Crippen molar-refractivity contribution in [1.29, 1.82) is 0 Å². The van der Waals surface area contributed by atoms with E-state index in [1.165, 1.54) is 0 Å². The Kier molecular flexibility index (Phi) is 2.42. The van der Waals surface area contributed by atoms with Crippen molar-refractivity contribution in [3.8, 4) is 0 Å². The fraction of sp³-hybridized carbons (Fsp3) is 0.222. The summed E-state index contributed by atoms with van der Waals surface area (Å²) in [6, 6.07) is 7.58. The van der Waals surface area contributed by atoms with Crippen molar-refractivity contribution in [2.24, 2.45) is 5.10 Å². The van der Waals surface area contributed by atoms with Crippen LogP contribution in [0.3, 0.4) is 0 Å². The first-order valence-corrected chi connectivity index (χ1v) is 4.77. The number of benzene rings is 1. The molecule has 0 radical (unpaired) electrons. The van der Waals surface area contributed by atoms with Gasteiger partial charge in [0.25, 0.3) is 0 Å². The van der Waals surface area contributed by atoms with E-state index in [9.17, 15) is 0 Å². The van der Waals surface area contributed by atoms with Gasteiger partial charge in [0.2, 0.25) is 0 Å². The summed E-state index contributed by atoms with van der Waals surface area (Å²) < 4.78 is 0. The second kappa shape index (κ2) is 3.56. The van der Waals surface area contributed by atoms with E-state index in [4.69, 9.17) is 23.2 Å². The van der Waals surface area contributed by atoms with Crippen LogP contribution in [0.5, 0.6) is 0 Å². The van der Waals surface area contributed by atoms with E-state index in [-0.39, 0.29) is 0 Å². The molecule has 68 valence electrons. The summed E-state index contributed by atoms with van der Waals surface area (Å²) in [6.07, 6.45) is 0.814. The average molecular weight is 215 g/mol. The van der Waals surface area contributed by atoms with Crippen molar-refractivity contribution in [2.75, 3.05) is 11.6 Å². The summed E-state index contributed by atoms with van der Waals surface area (Å²) in [4.78, 5) is 0. The SMILES string of the molecule is ClC1=NN(c2cccc(Cl)c2)CC1. The molecule has 2 nitrogen and oxygen atoms in total. The number of hydrogen-bond donors (Lipinski definition) is 0. The molecule has 1 aromatic carbocycles. The van der Waals surface area contributed by atoms with Crippen LogP contribution in [-0.4, -0.2) is 11.7 Å². The molecule has 0 unspecified atom stereocenters. The number of rotatable bonds is 1. The molecule has 0 aliphatic carbocycles. The van der Waals surface area contributed by atoms with Crippen molar-refractivity contribution < 1.29 is 0 Å². The van der Waals surface area contributed by atoms with Crippen LogP contribution in [0, 0.1) is 0 Å². The van der Waals surface area contributed by atoms with Crippen LogP contribution in [0.15, 0.2) is 29.4 Å². The normalized spacial score (nSPS) is 16.2. The molecule has 0 amide bonds. The highest BCUT2D eigenvalue weighted by atomic mass is 35.5. The van der Waals surface area contributed by atoms with Gasteiger partial charge in [-0.25, -0.2) is 0 Å². The zero-order valence-electron chi connectivity index (χ0n) is 6.87. The quantitative estimate of drug-likeness (QED) is 0.702. The van der Waals surface area contributed by atoms with Gasteiger partial charge in [-0.3, -0.25) is 5.01 Å². The molecule has 0 saturated carbocycles. The summed E-state index contributed by atoms with van der Waals surface area (Å²) in [5.74, 6) is 0. The van der Waals surface area contributed by atoms with E-state index < -0.39 is 0 Å². The molecule has 1 aromatic rings. The van der Waals surface area contributed by atoms with E-state index in [1.54, 1.807) is 0 Å². The van der Waals surface area contributed by atoms with Crippen molar-refractivity contribution >= 4 is 34.1 Å². The molecule has 0 fully saturated rings. The van der Waals surface area contributed by atoms with Gasteiger partial charge in [-0.15, -0.1) is 0 Å². The Morgan fingerprint density at radius 3 is 2.77 bits per heavy atom. The lowest BCUT2D eigenvalue weighted by atomic mass is 10.3. The summed E-state index contributed by atoms with van der Waals surface area (Å²) in [7, 11) is 0. The third-order valence-electron chi connectivity index (χ3n) is 1.87. The van der Waals surface area contributed by atoms with Crippen LogP contribution < -0.4 is 5.01 Å². The van der Waals surface area contributed by atoms with Gasteiger partial charge >= 0.3 is 0 Å². The maximum Gasteiger partial charge on any atom is 0.128 e. The number of anilines is 1. The van der Waals surface area contributed by atoms with E-state index >= 15 is 0 Å². The van der Waals surface area contributed by atoms with E-state index in [2.05, 4.69) is 5.10 Å². The first-order chi connectivity index (χ1) is 6.25. The molecule has 1 aliphatic rings. The third-order valence-corrected chi connectivity index (χ3v) is 2.37. The van der Waals surface area contributed by atoms with Gasteiger partial charge in [0.15, 0.2) is 0 Å². The second-order valence-corrected chi connectivity index (χ2v) is 3.70. The number of hydrogen-bond acceptors (Lipinski definition) is 2. The standard InChI is InChI=1S/C9H8Cl2N2/c10-7-2-1-3-8(6-7)13-5-4-9(11)12-13/h1-3,6H,4-5H2. The lowest BCUT2D eigenvalue weighted by molar-refractivity contribution is 0.922. The maximum absolute atomic E-state index is 5.85. The summed E-state index contributed by atoms with van der Waals surface area (Å²) >= 11 is 11.6. The summed E-state index contributed by atoms with van der Waals surface area (Å²) in [6.45, 7) is 0.833. The van der Waals surface area contributed by atoms with Gasteiger partial charge in [0.05, 0.1) is 5.69 Å². The Hall–Kier alpha value is -0.730. The van der Waals surface area contributed by atoms with E-state index in [0.717, 1.165) is 23.7 Å². The highest BCUT2D eigenvalue weighted by Crippen LogP contribution is 2.23. The molecule has 1 aliphatic heterocycles. The minimum absolute atomic E-state index is 0.653. The minimum atomic E-state index is 0.653. The molecule has 0 aromatic heterocycles. The van der Waals surface area contributed by atoms with Crippen LogP contribution in [0.1, 0.15) is 6.42 Å². The summed E-state index contributed by atoms with van der Waals surface area (Å²) in [5, 5.41) is 7.38. The van der Waals surface area contributed by atoms with Crippen LogP contribution in [0.2, 0.25) is 5.02 Å². The monoisotopic (exact) mass is 214 g/mol. The molecule has 0 N–H and O–H groups in total. The molecule has 2 rings (SSSR count). The minimum Gasteiger partial charge on any atom is -0.264 e. The summed E-state index contributed by atoms with van der Waals surface area (Å²) in [5.41, 5.74) is 0.989. The van der Waals surface area contributed by atoms with Crippen LogP contribution in [0.4, 0.5) is 5.69 Å². The van der Waals surface area contributed by atoms with Gasteiger partial charge < -0.3 is 0 Å². The van der Waals surface area contributed by atoms with Crippen LogP contribution in [0.25, 0.3) is 0 Å². The van der Waals surface area contributed by atoms with Gasteiger partial charge in [-0.2, -0.15) is 5.10 Å². The van der Waals surface area contributed by atoms with E-state index in [1.807, 2.05) is 29.3 Å². The molecular formula is C9H8Cl2N2. The molecule has 4 heteroatoms. The van der Waals surface area contributed by atoms with Gasteiger partial charge in [0.1, 0.15) is 5.17 Å². The zero-order chi connectivity index (χ0) is 9.26. The Labute approximate surface area is 86.8 Å². The lowest BCUT2D eigenvalue weighted by Gasteiger charge is -2.12. The van der Waals surface area contributed by atoms with Crippen LogP contribution in [-0.2, 0) is 0 Å². The van der Waals surface area contributed by atoms with Crippen LogP contribution >= 0.6 is 23.2 Å². The number of halogens is 2. The van der Waals surface area contributed by atoms with Gasteiger partial charge in [-0.1, -0.05) is 29.3 Å². The Balaban J connectivity index is 2.26. The van der Waals surface area contributed by atoms with Gasteiger partial charge in [-0.05, 0) is 18.2 Å². The largest absolute Gasteiger partial charge is 0.264 e. The van der Waals surface area contributed by atoms with Crippen molar-refractivity contribution in [2.45, 2.75) is 6.42 Å². The molecular weight excluding hydrogens is 207 g/mol. The predicted octanol–water partition coefficient (Wildman–Crippen LogP) is 3.10.